The molecule has 4 heteroatoms. The minimum Gasteiger partial charge on any atom is -0.370 e. The summed E-state index contributed by atoms with van der Waals surface area (Å²) in [5, 5.41) is 3.41. The van der Waals surface area contributed by atoms with Crippen molar-refractivity contribution in [1.29, 1.82) is 0 Å². The number of nitrogens with one attached hydrogen (secondary N) is 1. The van der Waals surface area contributed by atoms with E-state index in [2.05, 4.69) is 61.9 Å². The van der Waals surface area contributed by atoms with E-state index in [0.717, 1.165) is 49.0 Å². The van der Waals surface area contributed by atoms with Crippen LogP contribution >= 0.6 is 0 Å². The molecule has 0 unspecified atom stereocenters. The van der Waals surface area contributed by atoms with E-state index in [9.17, 15) is 0 Å². The van der Waals surface area contributed by atoms with Crippen LogP contribution in [0.5, 0.6) is 0 Å². The second kappa shape index (κ2) is 7.31. The molecule has 4 nitrogen and oxygen atoms in total. The number of anilines is 2. The molecule has 0 aliphatic carbocycles. The zero-order chi connectivity index (χ0) is 14.4. The van der Waals surface area contributed by atoms with E-state index >= 15 is 0 Å². The van der Waals surface area contributed by atoms with Crippen molar-refractivity contribution in [3.8, 4) is 0 Å². The molecule has 0 bridgehead atoms. The lowest BCUT2D eigenvalue weighted by molar-refractivity contribution is 0.632. The number of aromatic nitrogens is 2. The molecular formula is C15H28N4. The fourth-order valence-electron chi connectivity index (χ4n) is 2.13. The molecule has 0 amide bonds. The van der Waals surface area contributed by atoms with Crippen molar-refractivity contribution in [2.24, 2.45) is 5.92 Å². The fraction of sp³-hybridized carbons (Fsp3) is 0.733. The third-order valence-corrected chi connectivity index (χ3v) is 3.03. The van der Waals surface area contributed by atoms with Gasteiger partial charge in [-0.2, -0.15) is 0 Å². The number of hydrogen-bond donors (Lipinski definition) is 1. The lowest BCUT2D eigenvalue weighted by Crippen LogP contribution is -2.25. The van der Waals surface area contributed by atoms with Crippen LogP contribution in [0, 0.1) is 12.8 Å². The zero-order valence-corrected chi connectivity index (χ0v) is 13.2. The smallest absolute Gasteiger partial charge is 0.137 e. The lowest BCUT2D eigenvalue weighted by Gasteiger charge is -2.24. The molecule has 1 rings (SSSR count). The van der Waals surface area contributed by atoms with E-state index in [-0.39, 0.29) is 0 Å². The summed E-state index contributed by atoms with van der Waals surface area (Å²) in [7, 11) is 2.11. The van der Waals surface area contributed by atoms with Crippen LogP contribution in [-0.2, 0) is 6.42 Å². The fourth-order valence-corrected chi connectivity index (χ4v) is 2.13. The van der Waals surface area contributed by atoms with E-state index in [1.165, 1.54) is 0 Å². The Morgan fingerprint density at radius 2 is 1.89 bits per heavy atom. The van der Waals surface area contributed by atoms with Crippen molar-refractivity contribution < 1.29 is 0 Å². The Morgan fingerprint density at radius 3 is 2.42 bits per heavy atom. The van der Waals surface area contributed by atoms with E-state index < -0.39 is 0 Å². The molecule has 0 fully saturated rings. The Labute approximate surface area is 117 Å². The molecule has 1 N–H and O–H groups in total. The molecule has 0 saturated carbocycles. The van der Waals surface area contributed by atoms with Gasteiger partial charge in [-0.1, -0.05) is 27.7 Å². The van der Waals surface area contributed by atoms with Crippen LogP contribution in [-0.4, -0.2) is 30.1 Å². The van der Waals surface area contributed by atoms with Crippen LogP contribution in [0.15, 0.2) is 0 Å². The summed E-state index contributed by atoms with van der Waals surface area (Å²) >= 11 is 0. The van der Waals surface area contributed by atoms with Gasteiger partial charge in [-0.3, -0.25) is 0 Å². The molecule has 0 spiro atoms. The van der Waals surface area contributed by atoms with E-state index in [4.69, 9.17) is 0 Å². The SMILES string of the molecule is CCCNc1nc(CC)nc(N(C)CC(C)C)c1C. The Kier molecular flexibility index (Phi) is 6.06. The van der Waals surface area contributed by atoms with Crippen molar-refractivity contribution in [3.63, 3.8) is 0 Å². The summed E-state index contributed by atoms with van der Waals surface area (Å²) in [6.07, 6.45) is 1.96. The van der Waals surface area contributed by atoms with Crippen LogP contribution in [0.3, 0.4) is 0 Å². The quantitative estimate of drug-likeness (QED) is 0.820. The van der Waals surface area contributed by atoms with Crippen LogP contribution < -0.4 is 10.2 Å². The Morgan fingerprint density at radius 1 is 1.21 bits per heavy atom. The first-order valence-corrected chi connectivity index (χ1v) is 7.32. The minimum atomic E-state index is 0.622. The molecule has 0 aliphatic rings. The zero-order valence-electron chi connectivity index (χ0n) is 13.2. The molecule has 1 aromatic heterocycles. The van der Waals surface area contributed by atoms with Gasteiger partial charge in [0.2, 0.25) is 0 Å². The molecule has 0 radical (unpaired) electrons. The predicted molar refractivity (Wildman–Crippen MR) is 83.0 cm³/mol. The topological polar surface area (TPSA) is 41.1 Å². The summed E-state index contributed by atoms with van der Waals surface area (Å²) in [6.45, 7) is 12.8. The molecule has 0 saturated heterocycles. The average molecular weight is 264 g/mol. The average Bonchev–Trinajstić information content (AvgIpc) is 2.36. The molecule has 1 heterocycles. The standard InChI is InChI=1S/C15H28N4/c1-7-9-16-14-12(5)15(18-13(8-2)17-14)19(6)10-11(3)4/h11H,7-10H2,1-6H3,(H,16,17,18). The number of rotatable bonds is 7. The van der Waals surface area contributed by atoms with Crippen molar-refractivity contribution in [1.82, 2.24) is 9.97 Å². The van der Waals surface area contributed by atoms with Crippen LogP contribution in [0.4, 0.5) is 11.6 Å². The Hall–Kier alpha value is -1.32. The molecule has 19 heavy (non-hydrogen) atoms. The van der Waals surface area contributed by atoms with Crippen molar-refractivity contribution >= 4 is 11.6 Å². The maximum absolute atomic E-state index is 4.69. The van der Waals surface area contributed by atoms with E-state index in [1.807, 2.05) is 0 Å². The van der Waals surface area contributed by atoms with Crippen LogP contribution in [0.2, 0.25) is 0 Å². The summed E-state index contributed by atoms with van der Waals surface area (Å²) < 4.78 is 0. The summed E-state index contributed by atoms with van der Waals surface area (Å²) in [4.78, 5) is 11.5. The van der Waals surface area contributed by atoms with Gasteiger partial charge in [0, 0.05) is 32.1 Å². The highest BCUT2D eigenvalue weighted by atomic mass is 15.2. The largest absolute Gasteiger partial charge is 0.370 e. The second-order valence-electron chi connectivity index (χ2n) is 5.49. The van der Waals surface area contributed by atoms with Gasteiger partial charge in [0.1, 0.15) is 17.5 Å². The number of nitrogens with zero attached hydrogens (tertiary/aromatic N) is 3. The molecule has 0 atom stereocenters. The van der Waals surface area contributed by atoms with Gasteiger partial charge < -0.3 is 10.2 Å². The maximum Gasteiger partial charge on any atom is 0.137 e. The van der Waals surface area contributed by atoms with Crippen molar-refractivity contribution in [2.75, 3.05) is 30.4 Å². The first-order chi connectivity index (χ1) is 8.99. The summed E-state index contributed by atoms with van der Waals surface area (Å²) in [5.41, 5.74) is 1.15. The summed E-state index contributed by atoms with van der Waals surface area (Å²) in [6, 6.07) is 0. The predicted octanol–water partition coefficient (Wildman–Crippen LogP) is 3.26. The van der Waals surface area contributed by atoms with Gasteiger partial charge in [-0.15, -0.1) is 0 Å². The van der Waals surface area contributed by atoms with Gasteiger partial charge in [0.05, 0.1) is 0 Å². The first kappa shape index (κ1) is 15.7. The molecule has 0 aromatic carbocycles. The first-order valence-electron chi connectivity index (χ1n) is 7.32. The third kappa shape index (κ3) is 4.37. The van der Waals surface area contributed by atoms with Gasteiger partial charge in [-0.05, 0) is 19.3 Å². The number of hydrogen-bond acceptors (Lipinski definition) is 4. The van der Waals surface area contributed by atoms with Crippen LogP contribution in [0.1, 0.15) is 45.5 Å². The molecule has 1 aromatic rings. The Bertz CT molecular complexity index is 401. The van der Waals surface area contributed by atoms with Crippen molar-refractivity contribution in [3.05, 3.63) is 11.4 Å². The maximum atomic E-state index is 4.69. The van der Waals surface area contributed by atoms with Gasteiger partial charge in [0.25, 0.3) is 0 Å². The second-order valence-corrected chi connectivity index (χ2v) is 5.49. The van der Waals surface area contributed by atoms with E-state index in [1.54, 1.807) is 0 Å². The number of aryl methyl sites for hydroxylation is 1. The highest BCUT2D eigenvalue weighted by molar-refractivity contribution is 5.58. The highest BCUT2D eigenvalue weighted by Gasteiger charge is 2.14. The molecular weight excluding hydrogens is 236 g/mol. The monoisotopic (exact) mass is 264 g/mol. The Balaban J connectivity index is 3.07. The van der Waals surface area contributed by atoms with Gasteiger partial charge >= 0.3 is 0 Å². The highest BCUT2D eigenvalue weighted by Crippen LogP contribution is 2.23. The van der Waals surface area contributed by atoms with Crippen LogP contribution in [0.25, 0.3) is 0 Å². The van der Waals surface area contributed by atoms with Gasteiger partial charge in [-0.25, -0.2) is 9.97 Å². The lowest BCUT2D eigenvalue weighted by atomic mass is 10.2. The summed E-state index contributed by atoms with van der Waals surface area (Å²) in [5.74, 6) is 3.57. The van der Waals surface area contributed by atoms with E-state index in [0.29, 0.717) is 5.92 Å². The van der Waals surface area contributed by atoms with Gasteiger partial charge in [0.15, 0.2) is 0 Å². The molecule has 108 valence electrons. The third-order valence-electron chi connectivity index (χ3n) is 3.03. The normalized spacial score (nSPS) is 10.9. The van der Waals surface area contributed by atoms with Crippen molar-refractivity contribution in [2.45, 2.75) is 47.5 Å². The molecule has 0 aliphatic heterocycles. The minimum absolute atomic E-state index is 0.622.